The molecule has 138 valence electrons. The summed E-state index contributed by atoms with van der Waals surface area (Å²) in [5.74, 6) is 0.862. The van der Waals surface area contributed by atoms with Gasteiger partial charge in [-0.05, 0) is 24.3 Å². The van der Waals surface area contributed by atoms with E-state index in [2.05, 4.69) is 45.5 Å². The minimum absolute atomic E-state index is 0.0112. The summed E-state index contributed by atoms with van der Waals surface area (Å²) in [7, 11) is 1.83. The van der Waals surface area contributed by atoms with E-state index in [1.165, 1.54) is 5.56 Å². The predicted octanol–water partition coefficient (Wildman–Crippen LogP) is 1.83. The van der Waals surface area contributed by atoms with Crippen molar-refractivity contribution in [2.75, 3.05) is 26.2 Å². The van der Waals surface area contributed by atoms with Crippen LogP contribution in [0.1, 0.15) is 29.0 Å². The highest BCUT2D eigenvalue weighted by Gasteiger charge is 2.52. The van der Waals surface area contributed by atoms with Gasteiger partial charge in [0.15, 0.2) is 5.82 Å². The lowest BCUT2D eigenvalue weighted by molar-refractivity contribution is -0.136. The summed E-state index contributed by atoms with van der Waals surface area (Å²) >= 11 is 0. The summed E-state index contributed by atoms with van der Waals surface area (Å²) in [6.45, 7) is 4.45. The fraction of sp³-hybridized carbons (Fsp3) is 0.500. The Morgan fingerprint density at radius 1 is 1.35 bits per heavy atom. The maximum absolute atomic E-state index is 12.2. The molecule has 2 fully saturated rings. The van der Waals surface area contributed by atoms with E-state index >= 15 is 0 Å². The van der Waals surface area contributed by atoms with E-state index in [9.17, 15) is 4.79 Å². The number of nitrogens with zero attached hydrogens (tertiary/aromatic N) is 3. The third-order valence-corrected chi connectivity index (χ3v) is 5.63. The first-order chi connectivity index (χ1) is 12.7. The molecule has 0 saturated carbocycles. The Morgan fingerprint density at radius 3 is 2.88 bits per heavy atom. The lowest BCUT2D eigenvalue weighted by atomic mass is 9.78. The molecule has 1 aromatic carbocycles. The highest BCUT2D eigenvalue weighted by Crippen LogP contribution is 2.42. The molecule has 1 atom stereocenters. The molecule has 0 bridgehead atoms. The van der Waals surface area contributed by atoms with E-state index < -0.39 is 0 Å². The zero-order chi connectivity index (χ0) is 18.0. The Hall–Kier alpha value is -2.18. The van der Waals surface area contributed by atoms with Gasteiger partial charge >= 0.3 is 0 Å². The van der Waals surface area contributed by atoms with Crippen molar-refractivity contribution in [1.29, 1.82) is 0 Å². The van der Waals surface area contributed by atoms with Crippen LogP contribution in [0.25, 0.3) is 0 Å². The number of amides is 1. The van der Waals surface area contributed by atoms with Crippen LogP contribution in [0.2, 0.25) is 0 Å². The molecule has 2 saturated heterocycles. The van der Waals surface area contributed by atoms with Crippen LogP contribution in [0, 0.1) is 5.92 Å². The van der Waals surface area contributed by atoms with E-state index in [-0.39, 0.29) is 11.5 Å². The van der Waals surface area contributed by atoms with E-state index in [4.69, 9.17) is 4.74 Å². The SMILES string of the molecule is Cn1ccnc1C(=O)NCC[C@H]1CCOC12CN(Cc1ccccc1)C2. The molecule has 6 nitrogen and oxygen atoms in total. The van der Waals surface area contributed by atoms with Gasteiger partial charge < -0.3 is 14.6 Å². The number of hydrogen-bond donors (Lipinski definition) is 1. The first-order valence-corrected chi connectivity index (χ1v) is 9.32. The van der Waals surface area contributed by atoms with Crippen LogP contribution in [0.15, 0.2) is 42.7 Å². The summed E-state index contributed by atoms with van der Waals surface area (Å²) in [5.41, 5.74) is 1.34. The van der Waals surface area contributed by atoms with Crippen LogP contribution in [-0.2, 0) is 18.3 Å². The maximum atomic E-state index is 12.2. The van der Waals surface area contributed by atoms with Gasteiger partial charge in [0.25, 0.3) is 5.91 Å². The second-order valence-electron chi connectivity index (χ2n) is 7.44. The number of aryl methyl sites for hydroxylation is 1. The third-order valence-electron chi connectivity index (χ3n) is 5.63. The Morgan fingerprint density at radius 2 is 2.15 bits per heavy atom. The average molecular weight is 354 g/mol. The minimum atomic E-state index is -0.107. The molecule has 2 aliphatic heterocycles. The van der Waals surface area contributed by atoms with Gasteiger partial charge in [-0.15, -0.1) is 0 Å². The highest BCUT2D eigenvalue weighted by molar-refractivity contribution is 5.90. The summed E-state index contributed by atoms with van der Waals surface area (Å²) < 4.78 is 7.87. The number of carbonyl (C=O) groups is 1. The van der Waals surface area contributed by atoms with Crippen molar-refractivity contribution in [3.8, 4) is 0 Å². The first-order valence-electron chi connectivity index (χ1n) is 9.32. The number of likely N-dealkylation sites (tertiary alicyclic amines) is 1. The lowest BCUT2D eigenvalue weighted by Gasteiger charge is -2.50. The number of imidazole rings is 1. The molecular formula is C20H26N4O2. The van der Waals surface area contributed by atoms with Gasteiger partial charge in [-0.3, -0.25) is 9.69 Å². The molecule has 2 aliphatic rings. The normalized spacial score (nSPS) is 21.7. The van der Waals surface area contributed by atoms with Gasteiger partial charge in [0.05, 0.1) is 5.60 Å². The standard InChI is InChI=1S/C20H26N4O2/c1-23-11-10-21-18(23)19(25)22-9-7-17-8-12-26-20(17)14-24(15-20)13-16-5-3-2-4-6-16/h2-6,10-11,17H,7-9,12-15H2,1H3,(H,22,25)/t17-/m0/s1. The Labute approximate surface area is 154 Å². The molecular weight excluding hydrogens is 328 g/mol. The van der Waals surface area contributed by atoms with Gasteiger partial charge in [0, 0.05) is 52.2 Å². The van der Waals surface area contributed by atoms with Gasteiger partial charge in [-0.1, -0.05) is 30.3 Å². The molecule has 4 rings (SSSR count). The number of aromatic nitrogens is 2. The van der Waals surface area contributed by atoms with Crippen LogP contribution < -0.4 is 5.32 Å². The van der Waals surface area contributed by atoms with Crippen LogP contribution in [0.3, 0.4) is 0 Å². The smallest absolute Gasteiger partial charge is 0.287 e. The maximum Gasteiger partial charge on any atom is 0.287 e. The van der Waals surface area contributed by atoms with Crippen molar-refractivity contribution in [1.82, 2.24) is 19.8 Å². The average Bonchev–Trinajstić information content (AvgIpc) is 3.22. The van der Waals surface area contributed by atoms with Crippen LogP contribution in [-0.4, -0.2) is 52.2 Å². The Bertz CT molecular complexity index is 752. The van der Waals surface area contributed by atoms with Gasteiger partial charge in [0.2, 0.25) is 0 Å². The fourth-order valence-corrected chi connectivity index (χ4v) is 4.23. The number of rotatable bonds is 6. The molecule has 26 heavy (non-hydrogen) atoms. The predicted molar refractivity (Wildman–Crippen MR) is 98.7 cm³/mol. The third kappa shape index (κ3) is 3.39. The highest BCUT2D eigenvalue weighted by atomic mass is 16.5. The van der Waals surface area contributed by atoms with E-state index in [1.807, 2.05) is 7.05 Å². The summed E-state index contributed by atoms with van der Waals surface area (Å²) in [6, 6.07) is 10.6. The lowest BCUT2D eigenvalue weighted by Crippen LogP contribution is -2.64. The first kappa shape index (κ1) is 17.2. The van der Waals surface area contributed by atoms with Crippen LogP contribution in [0.4, 0.5) is 0 Å². The van der Waals surface area contributed by atoms with Gasteiger partial charge in [0.1, 0.15) is 0 Å². The van der Waals surface area contributed by atoms with Gasteiger partial charge in [-0.2, -0.15) is 0 Å². The molecule has 1 aromatic heterocycles. The quantitative estimate of drug-likeness (QED) is 0.860. The molecule has 0 unspecified atom stereocenters. The van der Waals surface area contributed by atoms with E-state index in [0.29, 0.717) is 18.3 Å². The zero-order valence-electron chi connectivity index (χ0n) is 15.2. The fourth-order valence-electron chi connectivity index (χ4n) is 4.23. The second-order valence-corrected chi connectivity index (χ2v) is 7.44. The number of benzene rings is 1. The van der Waals surface area contributed by atoms with Crippen molar-refractivity contribution in [2.24, 2.45) is 13.0 Å². The largest absolute Gasteiger partial charge is 0.372 e. The van der Waals surface area contributed by atoms with Crippen molar-refractivity contribution in [3.63, 3.8) is 0 Å². The van der Waals surface area contributed by atoms with E-state index in [0.717, 1.165) is 39.1 Å². The number of hydrogen-bond acceptors (Lipinski definition) is 4. The summed E-state index contributed by atoms with van der Waals surface area (Å²) in [4.78, 5) is 18.7. The molecule has 3 heterocycles. The zero-order valence-corrected chi connectivity index (χ0v) is 15.2. The Balaban J connectivity index is 1.26. The minimum Gasteiger partial charge on any atom is -0.372 e. The second kappa shape index (κ2) is 7.21. The summed E-state index contributed by atoms with van der Waals surface area (Å²) in [6.07, 6.45) is 5.46. The number of carbonyl (C=O) groups excluding carboxylic acids is 1. The van der Waals surface area contributed by atoms with Crippen molar-refractivity contribution in [2.45, 2.75) is 25.0 Å². The molecule has 6 heteroatoms. The topological polar surface area (TPSA) is 59.4 Å². The Kier molecular flexibility index (Phi) is 4.78. The monoisotopic (exact) mass is 354 g/mol. The van der Waals surface area contributed by atoms with Crippen LogP contribution >= 0.6 is 0 Å². The van der Waals surface area contributed by atoms with Gasteiger partial charge in [-0.25, -0.2) is 4.98 Å². The molecule has 0 aliphatic carbocycles. The molecule has 1 spiro atoms. The number of ether oxygens (including phenoxy) is 1. The molecule has 1 amide bonds. The number of nitrogens with one attached hydrogen (secondary N) is 1. The van der Waals surface area contributed by atoms with Crippen LogP contribution in [0.5, 0.6) is 0 Å². The van der Waals surface area contributed by atoms with Crippen molar-refractivity contribution in [3.05, 3.63) is 54.1 Å². The summed E-state index contributed by atoms with van der Waals surface area (Å²) in [5, 5.41) is 3.00. The molecule has 2 aromatic rings. The molecule has 1 N–H and O–H groups in total. The van der Waals surface area contributed by atoms with Crippen molar-refractivity contribution >= 4 is 5.91 Å². The van der Waals surface area contributed by atoms with E-state index in [1.54, 1.807) is 17.0 Å². The molecule has 0 radical (unpaired) electrons. The van der Waals surface area contributed by atoms with Crippen molar-refractivity contribution < 1.29 is 9.53 Å².